The Hall–Kier alpha value is -1.06. The zero-order valence-corrected chi connectivity index (χ0v) is 15.1. The highest BCUT2D eigenvalue weighted by Gasteiger charge is 2.45. The third-order valence-electron chi connectivity index (χ3n) is 5.39. The summed E-state index contributed by atoms with van der Waals surface area (Å²) in [6.45, 7) is 1.50. The average Bonchev–Trinajstić information content (AvgIpc) is 2.95. The van der Waals surface area contributed by atoms with Crippen LogP contribution >= 0.6 is 0 Å². The zero-order valence-electron chi connectivity index (χ0n) is 15.1. The van der Waals surface area contributed by atoms with Gasteiger partial charge in [0.05, 0.1) is 6.61 Å². The van der Waals surface area contributed by atoms with Gasteiger partial charge in [0.2, 0.25) is 6.29 Å². The van der Waals surface area contributed by atoms with Crippen molar-refractivity contribution in [2.75, 3.05) is 6.61 Å². The largest absolute Gasteiger partial charge is 0.433 e. The van der Waals surface area contributed by atoms with Crippen LogP contribution in [-0.2, 0) is 19.1 Å². The van der Waals surface area contributed by atoms with Gasteiger partial charge in [-0.25, -0.2) is 0 Å². The molecule has 1 heterocycles. The molecule has 1 saturated heterocycles. The van der Waals surface area contributed by atoms with Gasteiger partial charge in [-0.15, -0.1) is 0 Å². The monoisotopic (exact) mass is 374 g/mol. The van der Waals surface area contributed by atoms with Crippen LogP contribution in [-0.4, -0.2) is 69.5 Å². The Bertz CT molecular complexity index is 480. The molecule has 150 valence electrons. The van der Waals surface area contributed by atoms with E-state index in [9.17, 15) is 24.9 Å². The first-order valence-corrected chi connectivity index (χ1v) is 9.41. The highest BCUT2D eigenvalue weighted by Crippen LogP contribution is 2.35. The molecule has 2 rings (SSSR count). The van der Waals surface area contributed by atoms with E-state index in [2.05, 4.69) is 6.92 Å². The molecule has 0 amide bonds. The molecule has 0 aromatic carbocycles. The Kier molecular flexibility index (Phi) is 7.97. The predicted octanol–water partition coefficient (Wildman–Crippen LogP) is -0.105. The van der Waals surface area contributed by atoms with Crippen LogP contribution in [0.4, 0.5) is 0 Å². The van der Waals surface area contributed by atoms with Gasteiger partial charge in [0.15, 0.2) is 0 Å². The number of esters is 1. The van der Waals surface area contributed by atoms with Gasteiger partial charge in [0.1, 0.15) is 30.2 Å². The van der Waals surface area contributed by atoms with Crippen molar-refractivity contribution in [3.05, 3.63) is 0 Å². The lowest BCUT2D eigenvalue weighted by atomic mass is 9.88. The van der Waals surface area contributed by atoms with Crippen molar-refractivity contribution in [2.24, 2.45) is 11.8 Å². The van der Waals surface area contributed by atoms with Gasteiger partial charge in [-0.2, -0.15) is 0 Å². The minimum atomic E-state index is -1.61. The van der Waals surface area contributed by atoms with Gasteiger partial charge in [-0.3, -0.25) is 9.59 Å². The smallest absolute Gasteiger partial charge is 0.308 e. The topological polar surface area (TPSA) is 134 Å². The summed E-state index contributed by atoms with van der Waals surface area (Å²) in [6, 6.07) is 0. The predicted molar refractivity (Wildman–Crippen MR) is 89.8 cm³/mol. The molecule has 8 nitrogen and oxygen atoms in total. The number of aliphatic hydroxyl groups is 4. The van der Waals surface area contributed by atoms with Crippen LogP contribution in [0.15, 0.2) is 0 Å². The number of carbonyl (C=O) groups is 2. The lowest BCUT2D eigenvalue weighted by Gasteiger charge is -2.39. The number of rotatable bonds is 8. The summed E-state index contributed by atoms with van der Waals surface area (Å²) < 4.78 is 10.3. The van der Waals surface area contributed by atoms with Gasteiger partial charge >= 0.3 is 5.97 Å². The Balaban J connectivity index is 1.89. The van der Waals surface area contributed by atoms with Crippen LogP contribution in [0.5, 0.6) is 0 Å². The summed E-state index contributed by atoms with van der Waals surface area (Å²) in [6.07, 6.45) is -2.32. The number of unbranched alkanes of at least 4 members (excludes halogenated alkanes) is 2. The SMILES string of the molecule is CCCCCC1C(=O)CCC1CC(=O)OC1OC(CO)C(O)C(O)C1O. The molecular formula is C18H30O8. The van der Waals surface area contributed by atoms with Crippen molar-refractivity contribution < 1.29 is 39.5 Å². The van der Waals surface area contributed by atoms with Crippen LogP contribution in [0.25, 0.3) is 0 Å². The quantitative estimate of drug-likeness (QED) is 0.342. The van der Waals surface area contributed by atoms with E-state index in [1.807, 2.05) is 0 Å². The maximum absolute atomic E-state index is 12.2. The summed E-state index contributed by atoms with van der Waals surface area (Å²) >= 11 is 0. The number of aliphatic hydroxyl groups excluding tert-OH is 4. The number of hydrogen-bond donors (Lipinski definition) is 4. The summed E-state index contributed by atoms with van der Waals surface area (Å²) in [7, 11) is 0. The molecule has 4 N–H and O–H groups in total. The molecule has 0 spiro atoms. The van der Waals surface area contributed by atoms with E-state index in [-0.39, 0.29) is 24.0 Å². The molecular weight excluding hydrogens is 344 g/mol. The van der Waals surface area contributed by atoms with Crippen LogP contribution in [0, 0.1) is 11.8 Å². The molecule has 7 unspecified atom stereocenters. The van der Waals surface area contributed by atoms with Crippen molar-refractivity contribution in [1.29, 1.82) is 0 Å². The number of ether oxygens (including phenoxy) is 2. The third kappa shape index (κ3) is 5.01. The van der Waals surface area contributed by atoms with E-state index >= 15 is 0 Å². The summed E-state index contributed by atoms with van der Waals surface area (Å²) in [5.41, 5.74) is 0. The summed E-state index contributed by atoms with van der Waals surface area (Å²) in [5, 5.41) is 38.5. The van der Waals surface area contributed by atoms with Crippen LogP contribution < -0.4 is 0 Å². The standard InChI is InChI=1S/C18H30O8/c1-2-3-4-5-11-10(6-7-12(11)20)8-14(21)26-18-17(24)16(23)15(22)13(9-19)25-18/h10-11,13,15-19,22-24H,2-9H2,1H3. The third-order valence-corrected chi connectivity index (χ3v) is 5.39. The lowest BCUT2D eigenvalue weighted by Crippen LogP contribution is -2.59. The normalized spacial score (nSPS) is 37.7. The van der Waals surface area contributed by atoms with Crippen molar-refractivity contribution in [3.63, 3.8) is 0 Å². The van der Waals surface area contributed by atoms with Crippen molar-refractivity contribution in [3.8, 4) is 0 Å². The Morgan fingerprint density at radius 1 is 1.19 bits per heavy atom. The van der Waals surface area contributed by atoms with E-state index in [4.69, 9.17) is 14.6 Å². The summed E-state index contributed by atoms with van der Waals surface area (Å²) in [5.74, 6) is -0.665. The fourth-order valence-corrected chi connectivity index (χ4v) is 3.79. The van der Waals surface area contributed by atoms with Gasteiger partial charge < -0.3 is 29.9 Å². The van der Waals surface area contributed by atoms with Crippen molar-refractivity contribution >= 4 is 11.8 Å². The van der Waals surface area contributed by atoms with E-state index in [1.54, 1.807) is 0 Å². The van der Waals surface area contributed by atoms with Crippen molar-refractivity contribution in [2.45, 2.75) is 82.6 Å². The first-order valence-electron chi connectivity index (χ1n) is 9.41. The van der Waals surface area contributed by atoms with Crippen LogP contribution in [0.1, 0.15) is 51.9 Å². The number of ketones is 1. The molecule has 8 heteroatoms. The molecule has 1 saturated carbocycles. The van der Waals surface area contributed by atoms with Gasteiger partial charge in [-0.05, 0) is 18.8 Å². The van der Waals surface area contributed by atoms with E-state index in [0.29, 0.717) is 12.8 Å². The first kappa shape index (κ1) is 21.2. The van der Waals surface area contributed by atoms with Crippen molar-refractivity contribution in [1.82, 2.24) is 0 Å². The maximum atomic E-state index is 12.2. The van der Waals surface area contributed by atoms with Gasteiger partial charge in [-0.1, -0.05) is 26.2 Å². The number of carbonyl (C=O) groups excluding carboxylic acids is 2. The Morgan fingerprint density at radius 3 is 2.58 bits per heavy atom. The Morgan fingerprint density at radius 2 is 1.92 bits per heavy atom. The molecule has 2 fully saturated rings. The van der Waals surface area contributed by atoms with Gasteiger partial charge in [0, 0.05) is 18.8 Å². The van der Waals surface area contributed by atoms with Crippen LogP contribution in [0.2, 0.25) is 0 Å². The van der Waals surface area contributed by atoms with E-state index < -0.39 is 43.3 Å². The maximum Gasteiger partial charge on any atom is 0.308 e. The molecule has 1 aliphatic carbocycles. The number of hydrogen-bond acceptors (Lipinski definition) is 8. The molecule has 7 atom stereocenters. The van der Waals surface area contributed by atoms with E-state index in [0.717, 1.165) is 25.7 Å². The first-order chi connectivity index (χ1) is 12.4. The molecule has 0 radical (unpaired) electrons. The Labute approximate surface area is 153 Å². The molecule has 0 aromatic rings. The highest BCUT2D eigenvalue weighted by atomic mass is 16.7. The van der Waals surface area contributed by atoms with Crippen LogP contribution in [0.3, 0.4) is 0 Å². The molecule has 26 heavy (non-hydrogen) atoms. The minimum absolute atomic E-state index is 0.0392. The zero-order chi connectivity index (χ0) is 19.3. The minimum Gasteiger partial charge on any atom is -0.433 e. The molecule has 1 aliphatic heterocycles. The highest BCUT2D eigenvalue weighted by molar-refractivity contribution is 5.84. The number of Topliss-reactive ketones (excluding diaryl/α,β-unsaturated/α-hetero) is 1. The second-order valence-corrected chi connectivity index (χ2v) is 7.26. The van der Waals surface area contributed by atoms with Gasteiger partial charge in [0.25, 0.3) is 0 Å². The molecule has 0 bridgehead atoms. The second-order valence-electron chi connectivity index (χ2n) is 7.26. The molecule has 0 aromatic heterocycles. The second kappa shape index (κ2) is 9.75. The van der Waals surface area contributed by atoms with E-state index in [1.165, 1.54) is 0 Å². The molecule has 2 aliphatic rings. The fraction of sp³-hybridized carbons (Fsp3) is 0.889. The summed E-state index contributed by atoms with van der Waals surface area (Å²) in [4.78, 5) is 24.3. The fourth-order valence-electron chi connectivity index (χ4n) is 3.79. The lowest BCUT2D eigenvalue weighted by molar-refractivity contribution is -0.292. The average molecular weight is 374 g/mol.